The number of hydrogen-bond acceptors (Lipinski definition) is 3. The summed E-state index contributed by atoms with van der Waals surface area (Å²) in [5, 5.41) is 6.91. The van der Waals surface area contributed by atoms with Crippen molar-refractivity contribution in [3.8, 4) is 0 Å². The van der Waals surface area contributed by atoms with Gasteiger partial charge in [0, 0.05) is 18.7 Å². The lowest BCUT2D eigenvalue weighted by molar-refractivity contribution is -0.119. The Morgan fingerprint density at radius 1 is 1.77 bits per heavy atom. The number of carbonyl (C=O) groups excluding carboxylic acids is 1. The van der Waals surface area contributed by atoms with Crippen LogP contribution in [0, 0.1) is 0 Å². The lowest BCUT2D eigenvalue weighted by Crippen LogP contribution is -2.29. The van der Waals surface area contributed by atoms with Gasteiger partial charge in [-0.15, -0.1) is 0 Å². The Kier molecular flexibility index (Phi) is 1.92. The van der Waals surface area contributed by atoms with E-state index < -0.39 is 0 Å². The Hall–Kier alpha value is -1.52. The van der Waals surface area contributed by atoms with Crippen molar-refractivity contribution in [2.75, 3.05) is 5.73 Å². The maximum atomic E-state index is 10.9. The molecule has 1 saturated heterocycles. The van der Waals surface area contributed by atoms with Gasteiger partial charge in [0.25, 0.3) is 0 Å². The molecule has 70 valence electrons. The van der Waals surface area contributed by atoms with Gasteiger partial charge in [-0.2, -0.15) is 5.10 Å². The van der Waals surface area contributed by atoms with Crippen LogP contribution in [0.2, 0.25) is 0 Å². The molecule has 1 atom stereocenters. The fraction of sp³-hybridized carbons (Fsp3) is 0.500. The van der Waals surface area contributed by atoms with Crippen molar-refractivity contribution >= 4 is 11.7 Å². The molecule has 1 amide bonds. The molecular formula is C8H12N4O. The molecule has 1 fully saturated rings. The number of anilines is 1. The highest BCUT2D eigenvalue weighted by Crippen LogP contribution is 2.08. The van der Waals surface area contributed by atoms with Crippen molar-refractivity contribution in [3.63, 3.8) is 0 Å². The minimum Gasteiger partial charge on any atom is -0.382 e. The van der Waals surface area contributed by atoms with Crippen molar-refractivity contribution in [1.29, 1.82) is 0 Å². The predicted octanol–water partition coefficient (Wildman–Crippen LogP) is -0.256. The van der Waals surface area contributed by atoms with Gasteiger partial charge in [0.05, 0.1) is 6.54 Å². The van der Waals surface area contributed by atoms with Gasteiger partial charge < -0.3 is 11.1 Å². The van der Waals surface area contributed by atoms with E-state index in [1.807, 2.05) is 6.20 Å². The fourth-order valence-electron chi connectivity index (χ4n) is 1.52. The molecule has 2 rings (SSSR count). The quantitative estimate of drug-likeness (QED) is 0.658. The Bertz CT molecular complexity index is 320. The normalized spacial score (nSPS) is 21.8. The first-order chi connectivity index (χ1) is 6.24. The zero-order valence-electron chi connectivity index (χ0n) is 7.23. The monoisotopic (exact) mass is 180 g/mol. The largest absolute Gasteiger partial charge is 0.382 e. The van der Waals surface area contributed by atoms with Gasteiger partial charge in [-0.1, -0.05) is 0 Å². The smallest absolute Gasteiger partial charge is 0.220 e. The van der Waals surface area contributed by atoms with Gasteiger partial charge in [0.15, 0.2) is 0 Å². The van der Waals surface area contributed by atoms with E-state index in [2.05, 4.69) is 10.4 Å². The number of nitrogens with one attached hydrogen (secondary N) is 1. The number of carbonyl (C=O) groups is 1. The zero-order chi connectivity index (χ0) is 9.26. The van der Waals surface area contributed by atoms with Gasteiger partial charge in [-0.25, -0.2) is 0 Å². The lowest BCUT2D eigenvalue weighted by Gasteiger charge is -2.08. The van der Waals surface area contributed by atoms with Gasteiger partial charge in [-0.05, 0) is 12.5 Å². The molecular weight excluding hydrogens is 168 g/mol. The summed E-state index contributed by atoms with van der Waals surface area (Å²) in [6.07, 6.45) is 3.33. The Morgan fingerprint density at radius 3 is 3.15 bits per heavy atom. The molecule has 0 saturated carbocycles. The molecule has 0 aromatic carbocycles. The van der Waals surface area contributed by atoms with Crippen LogP contribution in [0.1, 0.15) is 12.8 Å². The highest BCUT2D eigenvalue weighted by molar-refractivity contribution is 5.78. The molecule has 1 aliphatic rings. The van der Waals surface area contributed by atoms with Crippen LogP contribution in [0.15, 0.2) is 12.3 Å². The third kappa shape index (κ3) is 1.80. The van der Waals surface area contributed by atoms with Gasteiger partial charge >= 0.3 is 0 Å². The number of rotatable bonds is 2. The van der Waals surface area contributed by atoms with Gasteiger partial charge in [0.2, 0.25) is 5.91 Å². The van der Waals surface area contributed by atoms with E-state index in [9.17, 15) is 4.79 Å². The van der Waals surface area contributed by atoms with Crippen LogP contribution in [-0.2, 0) is 11.3 Å². The van der Waals surface area contributed by atoms with Crippen molar-refractivity contribution in [1.82, 2.24) is 15.1 Å². The van der Waals surface area contributed by atoms with E-state index in [4.69, 9.17) is 5.73 Å². The highest BCUT2D eigenvalue weighted by atomic mass is 16.1. The average Bonchev–Trinajstić information content (AvgIpc) is 2.62. The summed E-state index contributed by atoms with van der Waals surface area (Å²) in [5.74, 6) is 0.648. The molecule has 5 heteroatoms. The number of aromatic nitrogens is 2. The van der Waals surface area contributed by atoms with E-state index in [1.54, 1.807) is 10.7 Å². The Morgan fingerprint density at radius 2 is 2.62 bits per heavy atom. The molecule has 5 nitrogen and oxygen atoms in total. The minimum atomic E-state index is 0.130. The predicted molar refractivity (Wildman–Crippen MR) is 47.8 cm³/mol. The molecule has 0 spiro atoms. The zero-order valence-corrected chi connectivity index (χ0v) is 7.23. The Labute approximate surface area is 75.9 Å². The van der Waals surface area contributed by atoms with E-state index in [1.165, 1.54) is 0 Å². The number of hydrogen-bond donors (Lipinski definition) is 2. The molecule has 1 aromatic rings. The molecule has 1 aromatic heterocycles. The van der Waals surface area contributed by atoms with E-state index in [0.717, 1.165) is 6.42 Å². The number of amides is 1. The summed E-state index contributed by atoms with van der Waals surface area (Å²) in [7, 11) is 0. The van der Waals surface area contributed by atoms with Crippen molar-refractivity contribution in [2.24, 2.45) is 0 Å². The SMILES string of the molecule is Nc1ccn(C[C@@H]2CCC(=O)N2)n1. The van der Waals surface area contributed by atoms with Crippen LogP contribution in [0.5, 0.6) is 0 Å². The highest BCUT2D eigenvalue weighted by Gasteiger charge is 2.20. The molecule has 0 radical (unpaired) electrons. The second kappa shape index (κ2) is 3.08. The average molecular weight is 180 g/mol. The van der Waals surface area contributed by atoms with E-state index in [0.29, 0.717) is 18.8 Å². The molecule has 13 heavy (non-hydrogen) atoms. The molecule has 1 aliphatic heterocycles. The van der Waals surface area contributed by atoms with Crippen molar-refractivity contribution in [3.05, 3.63) is 12.3 Å². The first-order valence-corrected chi connectivity index (χ1v) is 4.32. The standard InChI is InChI=1S/C8H12N4O/c9-7-3-4-12(11-7)5-6-1-2-8(13)10-6/h3-4,6H,1-2,5H2,(H2,9,11)(H,10,13)/t6-/m0/s1. The third-order valence-corrected chi connectivity index (χ3v) is 2.15. The maximum Gasteiger partial charge on any atom is 0.220 e. The number of nitrogen functional groups attached to an aromatic ring is 1. The minimum absolute atomic E-state index is 0.130. The first-order valence-electron chi connectivity index (χ1n) is 4.32. The third-order valence-electron chi connectivity index (χ3n) is 2.15. The number of nitrogens with zero attached hydrogens (tertiary/aromatic N) is 2. The Balaban J connectivity index is 1.95. The summed E-state index contributed by atoms with van der Waals surface area (Å²) in [6, 6.07) is 1.96. The summed E-state index contributed by atoms with van der Waals surface area (Å²) < 4.78 is 1.76. The van der Waals surface area contributed by atoms with Crippen LogP contribution < -0.4 is 11.1 Å². The van der Waals surface area contributed by atoms with Crippen LogP contribution in [0.4, 0.5) is 5.82 Å². The second-order valence-corrected chi connectivity index (χ2v) is 3.27. The molecule has 3 N–H and O–H groups in total. The van der Waals surface area contributed by atoms with Crippen LogP contribution in [0.3, 0.4) is 0 Å². The van der Waals surface area contributed by atoms with Crippen LogP contribution in [-0.4, -0.2) is 21.7 Å². The summed E-state index contributed by atoms with van der Waals surface area (Å²) in [5.41, 5.74) is 5.46. The first kappa shape index (κ1) is 8.10. The van der Waals surface area contributed by atoms with Crippen LogP contribution in [0.25, 0.3) is 0 Å². The topological polar surface area (TPSA) is 72.9 Å². The maximum absolute atomic E-state index is 10.9. The molecule has 2 heterocycles. The van der Waals surface area contributed by atoms with E-state index in [-0.39, 0.29) is 11.9 Å². The van der Waals surface area contributed by atoms with E-state index >= 15 is 0 Å². The molecule has 0 unspecified atom stereocenters. The van der Waals surface area contributed by atoms with Gasteiger partial charge in [0.1, 0.15) is 5.82 Å². The van der Waals surface area contributed by atoms with Crippen LogP contribution >= 0.6 is 0 Å². The van der Waals surface area contributed by atoms with Crippen molar-refractivity contribution < 1.29 is 4.79 Å². The van der Waals surface area contributed by atoms with Gasteiger partial charge in [-0.3, -0.25) is 9.48 Å². The summed E-state index contributed by atoms with van der Waals surface area (Å²) >= 11 is 0. The summed E-state index contributed by atoms with van der Waals surface area (Å²) in [6.45, 7) is 0.711. The fourth-order valence-corrected chi connectivity index (χ4v) is 1.52. The summed E-state index contributed by atoms with van der Waals surface area (Å²) in [4.78, 5) is 10.9. The second-order valence-electron chi connectivity index (χ2n) is 3.27. The molecule has 0 bridgehead atoms. The molecule has 0 aliphatic carbocycles. The number of nitrogens with two attached hydrogens (primary N) is 1. The lowest BCUT2D eigenvalue weighted by atomic mass is 10.2. The van der Waals surface area contributed by atoms with Crippen molar-refractivity contribution in [2.45, 2.75) is 25.4 Å².